The van der Waals surface area contributed by atoms with Crippen molar-refractivity contribution in [2.45, 2.75) is 119 Å². The molecule has 4 aliphatic carbocycles. The van der Waals surface area contributed by atoms with E-state index in [1.807, 2.05) is 6.92 Å². The second-order valence-electron chi connectivity index (χ2n) is 14.7. The molecule has 4 rings (SSSR count). The van der Waals surface area contributed by atoms with Gasteiger partial charge in [0, 0.05) is 11.5 Å². The van der Waals surface area contributed by atoms with E-state index in [9.17, 15) is 14.4 Å². The molecule has 6 nitrogen and oxygen atoms in total. The van der Waals surface area contributed by atoms with Gasteiger partial charge in [0.1, 0.15) is 12.4 Å². The molecule has 38 heavy (non-hydrogen) atoms. The number of carbonyl (C=O) groups is 3. The van der Waals surface area contributed by atoms with Crippen LogP contribution in [0.4, 0.5) is 0 Å². The Morgan fingerprint density at radius 1 is 0.974 bits per heavy atom. The molecular weight excluding hydrogens is 478 g/mol. The van der Waals surface area contributed by atoms with Crippen molar-refractivity contribution >= 4 is 17.7 Å². The highest BCUT2D eigenvalue weighted by molar-refractivity contribution is 5.79. The Hall–Kier alpha value is -1.43. The minimum atomic E-state index is -0.932. The predicted molar refractivity (Wildman–Crippen MR) is 151 cm³/mol. The van der Waals surface area contributed by atoms with E-state index in [-0.39, 0.29) is 25.0 Å². The van der Waals surface area contributed by atoms with Crippen LogP contribution in [-0.2, 0) is 19.1 Å². The number of ether oxygens (including phenoxy) is 1. The second kappa shape index (κ2) is 12.0. The zero-order valence-corrected chi connectivity index (χ0v) is 25.4. The number of nitrogens with one attached hydrogen (secondary N) is 1. The maximum Gasteiger partial charge on any atom is 0.317 e. The molecule has 0 amide bonds. The van der Waals surface area contributed by atoms with Crippen LogP contribution in [0, 0.1) is 52.3 Å². The van der Waals surface area contributed by atoms with Gasteiger partial charge in [-0.3, -0.25) is 19.7 Å². The van der Waals surface area contributed by atoms with Crippen LogP contribution >= 0.6 is 0 Å². The largest absolute Gasteiger partial charge is 0.480 e. The quantitative estimate of drug-likeness (QED) is 0.363. The summed E-state index contributed by atoms with van der Waals surface area (Å²) < 4.78 is 5.01. The first kappa shape index (κ1) is 31.1. The topological polar surface area (TPSA) is 92.7 Å². The third-order valence-electron chi connectivity index (χ3n) is 11.2. The van der Waals surface area contributed by atoms with E-state index in [2.05, 4.69) is 26.1 Å². The molecule has 8 unspecified atom stereocenters. The van der Waals surface area contributed by atoms with E-state index in [4.69, 9.17) is 9.84 Å². The summed E-state index contributed by atoms with van der Waals surface area (Å²) in [6.07, 6.45) is 12.6. The Morgan fingerprint density at radius 2 is 1.61 bits per heavy atom. The molecule has 0 aromatic heterocycles. The molecular formula is C32H55NO5. The van der Waals surface area contributed by atoms with Crippen molar-refractivity contribution in [2.75, 3.05) is 13.2 Å². The monoisotopic (exact) mass is 533 g/mol. The maximum absolute atomic E-state index is 12.2. The Kier molecular flexibility index (Phi) is 9.80. The molecule has 6 heteroatoms. The fourth-order valence-electron chi connectivity index (χ4n) is 8.92. The van der Waals surface area contributed by atoms with E-state index in [1.54, 1.807) is 27.7 Å². The van der Waals surface area contributed by atoms with Crippen molar-refractivity contribution in [3.05, 3.63) is 0 Å². The summed E-state index contributed by atoms with van der Waals surface area (Å²) in [5.41, 5.74) is 0.423. The number of carboxylic acid groups (broad SMARTS) is 1. The van der Waals surface area contributed by atoms with Crippen LogP contribution in [0.25, 0.3) is 0 Å². The highest BCUT2D eigenvalue weighted by Crippen LogP contribution is 2.67. The molecule has 0 aliphatic heterocycles. The molecule has 4 saturated carbocycles. The zero-order chi connectivity index (χ0) is 28.5. The Morgan fingerprint density at radius 3 is 2.21 bits per heavy atom. The Labute approximate surface area is 231 Å². The van der Waals surface area contributed by atoms with Crippen LogP contribution in [0.15, 0.2) is 0 Å². The predicted octanol–water partition coefficient (Wildman–Crippen LogP) is 6.51. The lowest BCUT2D eigenvalue weighted by Crippen LogP contribution is -2.53. The fourth-order valence-corrected chi connectivity index (χ4v) is 8.92. The standard InChI is InChI=1S/C22H36O.C10H19NO4/c1-14-9-11-21(3)16(13-14)5-6-17-19-8-7-18(15(2)23)22(19,4)12-10-20(17)21;1-7(2)9(14)15-6-10(3,4)11-5-8(12)13/h14,16-20H,5-13H2,1-4H3;7,11H,5-6H2,1-4H3,(H,12,13). The van der Waals surface area contributed by atoms with Crippen LogP contribution in [-0.4, -0.2) is 41.5 Å². The summed E-state index contributed by atoms with van der Waals surface area (Å²) in [5, 5.41) is 11.2. The first-order chi connectivity index (χ1) is 17.6. The van der Waals surface area contributed by atoms with Gasteiger partial charge in [-0.1, -0.05) is 41.0 Å². The molecule has 2 N–H and O–H groups in total. The SMILES string of the molecule is CC(=O)C1CCC2C3CCC4CC(C)CCC4(C)C3CCC12C.CC(C)C(=O)OCC(C)(C)NCC(=O)O. The van der Waals surface area contributed by atoms with E-state index in [0.717, 1.165) is 29.6 Å². The van der Waals surface area contributed by atoms with E-state index in [1.165, 1.54) is 57.8 Å². The molecule has 0 aromatic rings. The molecule has 0 aromatic carbocycles. The molecule has 4 fully saturated rings. The third kappa shape index (κ3) is 6.64. The number of Topliss-reactive ketones (excluding diaryl/α,β-unsaturated/α-hetero) is 1. The molecule has 0 saturated heterocycles. The lowest BCUT2D eigenvalue weighted by Gasteiger charge is -2.61. The lowest BCUT2D eigenvalue weighted by atomic mass is 9.44. The van der Waals surface area contributed by atoms with E-state index in [0.29, 0.717) is 22.5 Å². The van der Waals surface area contributed by atoms with Crippen molar-refractivity contribution in [1.29, 1.82) is 0 Å². The van der Waals surface area contributed by atoms with Gasteiger partial charge in [-0.25, -0.2) is 0 Å². The van der Waals surface area contributed by atoms with Gasteiger partial charge < -0.3 is 9.84 Å². The smallest absolute Gasteiger partial charge is 0.317 e. The van der Waals surface area contributed by atoms with Gasteiger partial charge in [0.2, 0.25) is 0 Å². The van der Waals surface area contributed by atoms with Gasteiger partial charge in [-0.2, -0.15) is 0 Å². The van der Waals surface area contributed by atoms with Crippen LogP contribution in [0.5, 0.6) is 0 Å². The van der Waals surface area contributed by atoms with Gasteiger partial charge in [-0.15, -0.1) is 0 Å². The number of hydrogen-bond acceptors (Lipinski definition) is 5. The molecule has 0 bridgehead atoms. The lowest BCUT2D eigenvalue weighted by molar-refractivity contribution is -0.149. The van der Waals surface area contributed by atoms with Crippen LogP contribution in [0.3, 0.4) is 0 Å². The van der Waals surface area contributed by atoms with Crippen LogP contribution < -0.4 is 5.32 Å². The second-order valence-corrected chi connectivity index (χ2v) is 14.7. The highest BCUT2D eigenvalue weighted by Gasteiger charge is 2.60. The summed E-state index contributed by atoms with van der Waals surface area (Å²) in [6.45, 7) is 16.5. The fraction of sp³-hybridized carbons (Fsp3) is 0.906. The first-order valence-corrected chi connectivity index (χ1v) is 15.2. The molecule has 8 atom stereocenters. The number of rotatable bonds is 7. The Bertz CT molecular complexity index is 868. The minimum absolute atomic E-state index is 0.147. The summed E-state index contributed by atoms with van der Waals surface area (Å²) in [6, 6.07) is 0. The van der Waals surface area contributed by atoms with Crippen molar-refractivity contribution in [2.24, 2.45) is 52.3 Å². The number of esters is 1. The summed E-state index contributed by atoms with van der Waals surface area (Å²) in [5.74, 6) is 4.12. The van der Waals surface area contributed by atoms with E-state index < -0.39 is 11.5 Å². The number of carbonyl (C=O) groups excluding carboxylic acids is 2. The average molecular weight is 534 g/mol. The number of hydrogen-bond donors (Lipinski definition) is 2. The number of aliphatic carboxylic acids is 1. The van der Waals surface area contributed by atoms with Crippen molar-refractivity contribution in [1.82, 2.24) is 5.32 Å². The van der Waals surface area contributed by atoms with Gasteiger partial charge in [0.15, 0.2) is 0 Å². The van der Waals surface area contributed by atoms with Crippen LogP contribution in [0.1, 0.15) is 113 Å². The molecule has 0 radical (unpaired) electrons. The number of fused-ring (bicyclic) bond motifs is 5. The highest BCUT2D eigenvalue weighted by atomic mass is 16.5. The first-order valence-electron chi connectivity index (χ1n) is 15.2. The van der Waals surface area contributed by atoms with Gasteiger partial charge >= 0.3 is 11.9 Å². The normalized spacial score (nSPS) is 38.2. The minimum Gasteiger partial charge on any atom is -0.480 e. The van der Waals surface area contributed by atoms with Crippen molar-refractivity contribution < 1.29 is 24.2 Å². The third-order valence-corrected chi connectivity index (χ3v) is 11.2. The molecule has 4 aliphatic rings. The van der Waals surface area contributed by atoms with Gasteiger partial charge in [0.05, 0.1) is 12.5 Å². The van der Waals surface area contributed by atoms with Crippen molar-refractivity contribution in [3.63, 3.8) is 0 Å². The van der Waals surface area contributed by atoms with Crippen LogP contribution in [0.2, 0.25) is 0 Å². The zero-order valence-electron chi connectivity index (χ0n) is 25.4. The van der Waals surface area contributed by atoms with E-state index >= 15 is 0 Å². The molecule has 0 spiro atoms. The molecule has 218 valence electrons. The summed E-state index contributed by atoms with van der Waals surface area (Å²) in [4.78, 5) is 33.7. The molecule has 0 heterocycles. The van der Waals surface area contributed by atoms with Crippen molar-refractivity contribution in [3.8, 4) is 0 Å². The summed E-state index contributed by atoms with van der Waals surface area (Å²) in [7, 11) is 0. The summed E-state index contributed by atoms with van der Waals surface area (Å²) >= 11 is 0. The number of carboxylic acids is 1. The Balaban J connectivity index is 0.000000234. The average Bonchev–Trinajstić information content (AvgIpc) is 3.20. The maximum atomic E-state index is 12.2. The van der Waals surface area contributed by atoms with Gasteiger partial charge in [-0.05, 0) is 113 Å². The number of ketones is 1. The van der Waals surface area contributed by atoms with Gasteiger partial charge in [0.25, 0.3) is 0 Å².